The minimum atomic E-state index is -3.01. The lowest BCUT2D eigenvalue weighted by atomic mass is 10.0. The lowest BCUT2D eigenvalue weighted by molar-refractivity contribution is 0.0941. The molecule has 0 aliphatic carbocycles. The van der Waals surface area contributed by atoms with Crippen molar-refractivity contribution in [3.8, 4) is 11.3 Å². The molecule has 1 N–H and O–H groups in total. The van der Waals surface area contributed by atoms with Gasteiger partial charge in [0, 0.05) is 23.4 Å². The summed E-state index contributed by atoms with van der Waals surface area (Å²) < 4.78 is 23.0. The number of amides is 1. The average molecular weight is 373 g/mol. The Bertz CT molecular complexity index is 908. The maximum atomic E-state index is 12.4. The average Bonchev–Trinajstić information content (AvgIpc) is 2.95. The molecule has 1 aromatic heterocycles. The van der Waals surface area contributed by atoms with Gasteiger partial charge in [0.05, 0.1) is 17.2 Å². The van der Waals surface area contributed by atoms with E-state index in [0.717, 1.165) is 29.7 Å². The molecular formula is C19H23N3O3S. The van der Waals surface area contributed by atoms with Gasteiger partial charge in [-0.3, -0.25) is 4.79 Å². The lowest BCUT2D eigenvalue weighted by Crippen LogP contribution is -2.35. The summed E-state index contributed by atoms with van der Waals surface area (Å²) in [5.74, 6) is 0.636. The van der Waals surface area contributed by atoms with Crippen LogP contribution in [-0.2, 0) is 16.3 Å². The number of carbonyl (C=O) groups is 1. The number of hydrogen-bond acceptors (Lipinski definition) is 5. The van der Waals surface area contributed by atoms with Crippen molar-refractivity contribution in [3.63, 3.8) is 0 Å². The Hall–Kier alpha value is -2.28. The number of carbonyl (C=O) groups excluding carboxylic acids is 1. The highest BCUT2D eigenvalue weighted by Crippen LogP contribution is 2.23. The molecule has 0 radical (unpaired) electrons. The van der Waals surface area contributed by atoms with Crippen LogP contribution in [0.3, 0.4) is 0 Å². The van der Waals surface area contributed by atoms with Gasteiger partial charge in [-0.1, -0.05) is 25.5 Å². The first-order chi connectivity index (χ1) is 12.4. The molecule has 3 rings (SSSR count). The number of sulfone groups is 1. The van der Waals surface area contributed by atoms with Gasteiger partial charge in [-0.2, -0.15) is 0 Å². The summed E-state index contributed by atoms with van der Waals surface area (Å²) in [6.07, 6.45) is 4.24. The third-order valence-corrected chi connectivity index (χ3v) is 6.26. The van der Waals surface area contributed by atoms with Gasteiger partial charge in [-0.05, 0) is 37.5 Å². The van der Waals surface area contributed by atoms with Gasteiger partial charge in [0.25, 0.3) is 5.91 Å². The number of aryl methyl sites for hydroxylation is 2. The molecule has 26 heavy (non-hydrogen) atoms. The van der Waals surface area contributed by atoms with E-state index < -0.39 is 9.84 Å². The normalized spacial score (nSPS) is 18.6. The van der Waals surface area contributed by atoms with E-state index in [4.69, 9.17) is 0 Å². The van der Waals surface area contributed by atoms with E-state index in [1.807, 2.05) is 25.3 Å². The van der Waals surface area contributed by atoms with Crippen molar-refractivity contribution in [2.45, 2.75) is 39.2 Å². The molecule has 1 saturated heterocycles. The van der Waals surface area contributed by atoms with E-state index in [0.29, 0.717) is 17.8 Å². The largest absolute Gasteiger partial charge is 0.348 e. The molecule has 1 unspecified atom stereocenters. The maximum Gasteiger partial charge on any atom is 0.251 e. The number of hydrogen-bond donors (Lipinski definition) is 1. The first-order valence-corrected chi connectivity index (χ1v) is 10.6. The molecular weight excluding hydrogens is 350 g/mol. The van der Waals surface area contributed by atoms with Crippen molar-refractivity contribution in [1.29, 1.82) is 0 Å². The van der Waals surface area contributed by atoms with Crippen LogP contribution in [0.1, 0.15) is 41.5 Å². The number of benzene rings is 1. The number of rotatable bonds is 5. The van der Waals surface area contributed by atoms with Crippen LogP contribution in [-0.4, -0.2) is 41.8 Å². The first-order valence-electron chi connectivity index (χ1n) is 8.82. The second-order valence-corrected chi connectivity index (χ2v) is 8.92. The summed E-state index contributed by atoms with van der Waals surface area (Å²) in [5.41, 5.74) is 3.44. The minimum absolute atomic E-state index is 0.0252. The molecule has 2 heterocycles. The molecule has 1 atom stereocenters. The van der Waals surface area contributed by atoms with Crippen LogP contribution in [0.5, 0.6) is 0 Å². The van der Waals surface area contributed by atoms with E-state index in [1.54, 1.807) is 12.1 Å². The fourth-order valence-corrected chi connectivity index (χ4v) is 4.83. The van der Waals surface area contributed by atoms with E-state index in [-0.39, 0.29) is 23.5 Å². The van der Waals surface area contributed by atoms with Crippen LogP contribution in [0.15, 0.2) is 30.5 Å². The first kappa shape index (κ1) is 18.5. The zero-order valence-corrected chi connectivity index (χ0v) is 15.8. The van der Waals surface area contributed by atoms with E-state index in [2.05, 4.69) is 22.2 Å². The van der Waals surface area contributed by atoms with Gasteiger partial charge in [0.15, 0.2) is 9.84 Å². The molecule has 1 aliphatic rings. The predicted molar refractivity (Wildman–Crippen MR) is 101 cm³/mol. The van der Waals surface area contributed by atoms with Crippen LogP contribution >= 0.6 is 0 Å². The van der Waals surface area contributed by atoms with Gasteiger partial charge in [0.2, 0.25) is 0 Å². The molecule has 1 aromatic carbocycles. The van der Waals surface area contributed by atoms with Gasteiger partial charge in [-0.15, -0.1) is 0 Å². The Kier molecular flexibility index (Phi) is 5.36. The van der Waals surface area contributed by atoms with Crippen LogP contribution in [0.4, 0.5) is 0 Å². The monoisotopic (exact) mass is 373 g/mol. The molecule has 138 valence electrons. The van der Waals surface area contributed by atoms with Crippen LogP contribution in [0.2, 0.25) is 0 Å². The molecule has 0 saturated carbocycles. The Morgan fingerprint density at radius 2 is 2.00 bits per heavy atom. The molecule has 0 bridgehead atoms. The summed E-state index contributed by atoms with van der Waals surface area (Å²) in [5, 5.41) is 2.81. The maximum absolute atomic E-state index is 12.4. The Labute approximate surface area is 154 Å². The van der Waals surface area contributed by atoms with Gasteiger partial charge < -0.3 is 5.32 Å². The minimum Gasteiger partial charge on any atom is -0.348 e. The quantitative estimate of drug-likeness (QED) is 0.869. The van der Waals surface area contributed by atoms with Crippen molar-refractivity contribution in [2.24, 2.45) is 0 Å². The molecule has 2 aromatic rings. The molecule has 0 spiro atoms. The highest BCUT2D eigenvalue weighted by Gasteiger charge is 2.29. The Balaban J connectivity index is 1.76. The van der Waals surface area contributed by atoms with Crippen molar-refractivity contribution in [3.05, 3.63) is 47.4 Å². The van der Waals surface area contributed by atoms with E-state index in [1.165, 1.54) is 0 Å². The summed E-state index contributed by atoms with van der Waals surface area (Å²) in [6, 6.07) is 6.96. The Morgan fingerprint density at radius 3 is 2.62 bits per heavy atom. The molecule has 6 nitrogen and oxygen atoms in total. The van der Waals surface area contributed by atoms with Gasteiger partial charge in [0.1, 0.15) is 5.82 Å². The van der Waals surface area contributed by atoms with Gasteiger partial charge >= 0.3 is 0 Å². The highest BCUT2D eigenvalue weighted by atomic mass is 32.2. The third kappa shape index (κ3) is 4.27. The van der Waals surface area contributed by atoms with Crippen molar-refractivity contribution in [2.75, 3.05) is 11.5 Å². The molecule has 7 heteroatoms. The van der Waals surface area contributed by atoms with Crippen LogP contribution in [0.25, 0.3) is 11.3 Å². The zero-order chi connectivity index (χ0) is 18.7. The zero-order valence-electron chi connectivity index (χ0n) is 15.0. The number of nitrogens with zero attached hydrogens (tertiary/aromatic N) is 2. The van der Waals surface area contributed by atoms with E-state index >= 15 is 0 Å². The summed E-state index contributed by atoms with van der Waals surface area (Å²) >= 11 is 0. The summed E-state index contributed by atoms with van der Waals surface area (Å²) in [6.45, 7) is 3.97. The SMILES string of the molecule is CCCc1cnc(C)nc1-c1ccc(C(=O)NC2CCS(=O)(=O)C2)cc1. The summed E-state index contributed by atoms with van der Waals surface area (Å²) in [4.78, 5) is 21.2. The van der Waals surface area contributed by atoms with Crippen molar-refractivity contribution in [1.82, 2.24) is 15.3 Å². The standard InChI is InChI=1S/C19H23N3O3S/c1-3-4-16-11-20-13(2)21-18(16)14-5-7-15(8-6-14)19(23)22-17-9-10-26(24,25)12-17/h5-8,11,17H,3-4,9-10,12H2,1-2H3,(H,22,23). The molecule has 1 amide bonds. The fraction of sp³-hybridized carbons (Fsp3) is 0.421. The smallest absolute Gasteiger partial charge is 0.251 e. The predicted octanol–water partition coefficient (Wildman–Crippen LogP) is 2.32. The van der Waals surface area contributed by atoms with Crippen molar-refractivity contribution < 1.29 is 13.2 Å². The third-order valence-electron chi connectivity index (χ3n) is 4.49. The van der Waals surface area contributed by atoms with Crippen molar-refractivity contribution >= 4 is 15.7 Å². The fourth-order valence-electron chi connectivity index (χ4n) is 3.15. The van der Waals surface area contributed by atoms with Gasteiger partial charge in [-0.25, -0.2) is 18.4 Å². The molecule has 1 aliphatic heterocycles. The highest BCUT2D eigenvalue weighted by molar-refractivity contribution is 7.91. The Morgan fingerprint density at radius 1 is 1.27 bits per heavy atom. The number of nitrogens with one attached hydrogen (secondary N) is 1. The van der Waals surface area contributed by atoms with Crippen LogP contribution < -0.4 is 5.32 Å². The summed E-state index contributed by atoms with van der Waals surface area (Å²) in [7, 11) is -3.01. The molecule has 1 fully saturated rings. The topological polar surface area (TPSA) is 89.0 Å². The second kappa shape index (κ2) is 7.53. The number of aromatic nitrogens is 2. The van der Waals surface area contributed by atoms with E-state index in [9.17, 15) is 13.2 Å². The van der Waals surface area contributed by atoms with Crippen LogP contribution in [0, 0.1) is 6.92 Å². The lowest BCUT2D eigenvalue weighted by Gasteiger charge is -2.12. The second-order valence-electron chi connectivity index (χ2n) is 6.69.